The first kappa shape index (κ1) is 18.9. The van der Waals surface area contributed by atoms with E-state index in [1.165, 1.54) is 6.42 Å². The van der Waals surface area contributed by atoms with Gasteiger partial charge < -0.3 is 5.73 Å². The Morgan fingerprint density at radius 2 is 1.95 bits per heavy atom. The highest BCUT2D eigenvalue weighted by Crippen LogP contribution is 2.38. The van der Waals surface area contributed by atoms with Gasteiger partial charge in [0.15, 0.2) is 0 Å². The topological polar surface area (TPSA) is 63.4 Å². The minimum atomic E-state index is -3.25. The molecule has 0 saturated heterocycles. The molecule has 2 N–H and O–H groups in total. The van der Waals surface area contributed by atoms with Crippen molar-refractivity contribution in [3.05, 3.63) is 0 Å². The lowest BCUT2D eigenvalue weighted by Gasteiger charge is -2.46. The third kappa shape index (κ3) is 4.93. The van der Waals surface area contributed by atoms with Crippen molar-refractivity contribution >= 4 is 10.0 Å². The van der Waals surface area contributed by atoms with Crippen LogP contribution in [0.15, 0.2) is 0 Å². The van der Waals surface area contributed by atoms with Gasteiger partial charge in [-0.25, -0.2) is 8.42 Å². The molecule has 0 aromatic carbocycles. The Morgan fingerprint density at radius 1 is 1.33 bits per heavy atom. The Balaban J connectivity index is 2.98. The van der Waals surface area contributed by atoms with E-state index in [0.717, 1.165) is 19.3 Å². The van der Waals surface area contributed by atoms with Crippen molar-refractivity contribution in [2.45, 2.75) is 72.3 Å². The van der Waals surface area contributed by atoms with Crippen LogP contribution in [-0.2, 0) is 10.0 Å². The summed E-state index contributed by atoms with van der Waals surface area (Å²) in [5.74, 6) is 0.773. The normalized spacial score (nSPS) is 28.0. The van der Waals surface area contributed by atoms with Gasteiger partial charge in [-0.15, -0.1) is 0 Å². The first-order valence-electron chi connectivity index (χ1n) is 8.27. The van der Waals surface area contributed by atoms with Gasteiger partial charge in [0.05, 0.1) is 5.75 Å². The molecule has 0 aromatic heterocycles. The predicted molar refractivity (Wildman–Crippen MR) is 89.7 cm³/mol. The maximum absolute atomic E-state index is 12.8. The summed E-state index contributed by atoms with van der Waals surface area (Å²) in [5.41, 5.74) is 5.72. The molecule has 0 bridgehead atoms. The second kappa shape index (κ2) is 6.97. The quantitative estimate of drug-likeness (QED) is 0.819. The molecule has 21 heavy (non-hydrogen) atoms. The summed E-state index contributed by atoms with van der Waals surface area (Å²) in [4.78, 5) is 0. The summed E-state index contributed by atoms with van der Waals surface area (Å²) >= 11 is 0. The molecule has 1 fully saturated rings. The van der Waals surface area contributed by atoms with E-state index in [0.29, 0.717) is 25.4 Å². The summed E-state index contributed by atoms with van der Waals surface area (Å²) in [6.45, 7) is 11.3. The van der Waals surface area contributed by atoms with Crippen molar-refractivity contribution in [1.82, 2.24) is 4.31 Å². The number of hydrogen-bond donors (Lipinski definition) is 1. The van der Waals surface area contributed by atoms with Gasteiger partial charge in [-0.05, 0) is 30.6 Å². The first-order chi connectivity index (χ1) is 9.56. The average molecular weight is 319 g/mol. The Morgan fingerprint density at radius 3 is 2.38 bits per heavy atom. The fourth-order valence-electron chi connectivity index (χ4n) is 3.52. The maximum atomic E-state index is 12.8. The zero-order chi connectivity index (χ0) is 16.3. The van der Waals surface area contributed by atoms with Gasteiger partial charge in [-0.3, -0.25) is 0 Å². The van der Waals surface area contributed by atoms with E-state index in [-0.39, 0.29) is 16.7 Å². The Bertz CT molecular complexity index is 428. The number of sulfonamides is 1. The minimum absolute atomic E-state index is 0.0300. The fourth-order valence-corrected chi connectivity index (χ4v) is 5.83. The highest BCUT2D eigenvalue weighted by Gasteiger charge is 2.44. The van der Waals surface area contributed by atoms with Crippen LogP contribution in [0.1, 0.15) is 66.7 Å². The van der Waals surface area contributed by atoms with Crippen LogP contribution >= 0.6 is 0 Å². The summed E-state index contributed by atoms with van der Waals surface area (Å²) in [6.07, 6.45) is 4.73. The second-order valence-electron chi connectivity index (χ2n) is 7.92. The Labute approximate surface area is 131 Å². The van der Waals surface area contributed by atoms with Crippen LogP contribution in [0.4, 0.5) is 0 Å². The van der Waals surface area contributed by atoms with E-state index in [2.05, 4.69) is 27.7 Å². The van der Waals surface area contributed by atoms with Gasteiger partial charge >= 0.3 is 0 Å². The first-order valence-corrected chi connectivity index (χ1v) is 9.88. The highest BCUT2D eigenvalue weighted by atomic mass is 32.2. The lowest BCUT2D eigenvalue weighted by molar-refractivity contribution is 0.112. The molecule has 1 rings (SSSR count). The summed E-state index contributed by atoms with van der Waals surface area (Å²) in [7, 11) is -3.25. The van der Waals surface area contributed by atoms with Crippen molar-refractivity contribution in [1.29, 1.82) is 0 Å². The van der Waals surface area contributed by atoms with Crippen LogP contribution < -0.4 is 5.73 Å². The molecule has 0 amide bonds. The van der Waals surface area contributed by atoms with Crippen molar-refractivity contribution in [3.8, 4) is 0 Å². The largest absolute Gasteiger partial charge is 0.329 e. The molecule has 1 saturated carbocycles. The lowest BCUT2D eigenvalue weighted by Crippen LogP contribution is -2.58. The Kier molecular flexibility index (Phi) is 6.28. The second-order valence-corrected chi connectivity index (χ2v) is 9.93. The van der Waals surface area contributed by atoms with Gasteiger partial charge in [0.1, 0.15) is 0 Å². The van der Waals surface area contributed by atoms with Crippen LogP contribution in [0.3, 0.4) is 0 Å². The van der Waals surface area contributed by atoms with E-state index < -0.39 is 10.0 Å². The zero-order valence-corrected chi connectivity index (χ0v) is 15.3. The number of nitrogens with two attached hydrogens (primary N) is 1. The Hall–Kier alpha value is -0.130. The lowest BCUT2D eigenvalue weighted by atomic mass is 9.76. The molecule has 4 nitrogen and oxygen atoms in total. The average Bonchev–Trinajstić information content (AvgIpc) is 2.36. The third-order valence-corrected chi connectivity index (χ3v) is 6.75. The van der Waals surface area contributed by atoms with E-state index in [9.17, 15) is 8.42 Å². The minimum Gasteiger partial charge on any atom is -0.329 e. The molecule has 0 radical (unpaired) electrons. The number of hydrogen-bond acceptors (Lipinski definition) is 3. The number of likely N-dealkylation sites (N-methyl/N-ethyl adjacent to an activating group) is 1. The molecule has 1 aliphatic rings. The molecule has 0 aliphatic heterocycles. The van der Waals surface area contributed by atoms with Gasteiger partial charge in [0.2, 0.25) is 10.0 Å². The molecule has 0 aromatic rings. The van der Waals surface area contributed by atoms with Crippen molar-refractivity contribution in [2.24, 2.45) is 17.1 Å². The van der Waals surface area contributed by atoms with Crippen LogP contribution in [-0.4, -0.2) is 37.1 Å². The zero-order valence-electron chi connectivity index (χ0n) is 14.5. The monoisotopic (exact) mass is 318 g/mol. The van der Waals surface area contributed by atoms with Crippen LogP contribution in [0.25, 0.3) is 0 Å². The molecule has 1 aliphatic carbocycles. The van der Waals surface area contributed by atoms with Crippen molar-refractivity contribution in [3.63, 3.8) is 0 Å². The van der Waals surface area contributed by atoms with Crippen LogP contribution in [0, 0.1) is 11.3 Å². The number of nitrogens with zero attached hydrogens (tertiary/aromatic N) is 1. The fraction of sp³-hybridized carbons (Fsp3) is 1.00. The van der Waals surface area contributed by atoms with Gasteiger partial charge in [-0.2, -0.15) is 4.31 Å². The third-order valence-electron chi connectivity index (χ3n) is 4.71. The molecule has 126 valence electrons. The molecule has 0 spiro atoms. The molecule has 0 heterocycles. The molecule has 2 atom stereocenters. The smallest absolute Gasteiger partial charge is 0.214 e. The maximum Gasteiger partial charge on any atom is 0.214 e. The van der Waals surface area contributed by atoms with Crippen molar-refractivity contribution < 1.29 is 8.42 Å². The van der Waals surface area contributed by atoms with E-state index in [4.69, 9.17) is 5.73 Å². The molecular weight excluding hydrogens is 284 g/mol. The van der Waals surface area contributed by atoms with Gasteiger partial charge in [-0.1, -0.05) is 47.5 Å². The summed E-state index contributed by atoms with van der Waals surface area (Å²) in [6, 6.07) is 0. The summed E-state index contributed by atoms with van der Waals surface area (Å²) in [5, 5.41) is 0. The van der Waals surface area contributed by atoms with Crippen molar-refractivity contribution in [2.75, 3.05) is 18.8 Å². The van der Waals surface area contributed by atoms with Gasteiger partial charge in [0, 0.05) is 18.6 Å². The molecule has 5 heteroatoms. The van der Waals surface area contributed by atoms with E-state index in [1.54, 1.807) is 4.31 Å². The van der Waals surface area contributed by atoms with Crippen LogP contribution in [0.2, 0.25) is 0 Å². The van der Waals surface area contributed by atoms with Crippen LogP contribution in [0.5, 0.6) is 0 Å². The predicted octanol–water partition coefficient (Wildman–Crippen LogP) is 2.98. The summed E-state index contributed by atoms with van der Waals surface area (Å²) < 4.78 is 27.4. The van der Waals surface area contributed by atoms with E-state index >= 15 is 0 Å². The number of rotatable bonds is 6. The standard InChI is InChI=1S/C16H34N2O2S/c1-6-18(21(19,20)11-10-15(3,4)5)16(13-17)9-7-8-14(2)12-16/h14H,6-13,17H2,1-5H3. The van der Waals surface area contributed by atoms with E-state index in [1.807, 2.05) is 6.92 Å². The van der Waals surface area contributed by atoms with Gasteiger partial charge in [0.25, 0.3) is 0 Å². The SMILES string of the molecule is CCN(C1(CN)CCCC(C)C1)S(=O)(=O)CCC(C)(C)C. The molecule has 2 unspecified atom stereocenters. The highest BCUT2D eigenvalue weighted by molar-refractivity contribution is 7.89. The molecular formula is C16H34N2O2S.